The lowest BCUT2D eigenvalue weighted by Gasteiger charge is -2.19. The van der Waals surface area contributed by atoms with Crippen molar-refractivity contribution in [2.24, 2.45) is 0 Å². The predicted molar refractivity (Wildman–Crippen MR) is 91.5 cm³/mol. The van der Waals surface area contributed by atoms with Crippen LogP contribution in [0.5, 0.6) is 5.75 Å². The van der Waals surface area contributed by atoms with E-state index in [1.807, 2.05) is 0 Å². The number of ether oxygens (including phenoxy) is 1. The average molecular weight is 371 g/mol. The summed E-state index contributed by atoms with van der Waals surface area (Å²) in [5.41, 5.74) is 0.877. The van der Waals surface area contributed by atoms with E-state index >= 15 is 0 Å². The Morgan fingerprint density at radius 2 is 2.11 bits per heavy atom. The third-order valence-corrected chi connectivity index (χ3v) is 4.30. The van der Waals surface area contributed by atoms with Gasteiger partial charge in [-0.3, -0.25) is 4.79 Å². The summed E-state index contributed by atoms with van der Waals surface area (Å²) < 4.78 is 38.1. The first-order chi connectivity index (χ1) is 13.0. The second-order valence-corrected chi connectivity index (χ2v) is 6.11. The van der Waals surface area contributed by atoms with E-state index in [1.165, 1.54) is 11.0 Å². The van der Waals surface area contributed by atoms with Gasteiger partial charge in [-0.05, 0) is 24.6 Å². The Balaban J connectivity index is 1.61. The van der Waals surface area contributed by atoms with Crippen LogP contribution in [0.25, 0.3) is 0 Å². The minimum absolute atomic E-state index is 0.0292. The highest BCUT2D eigenvalue weighted by atomic mass is 19.1. The van der Waals surface area contributed by atoms with Crippen LogP contribution < -0.4 is 9.64 Å². The molecule has 27 heavy (non-hydrogen) atoms. The molecule has 0 aliphatic carbocycles. The van der Waals surface area contributed by atoms with Crippen molar-refractivity contribution in [2.75, 3.05) is 11.4 Å². The molecule has 0 atom stereocenters. The van der Waals surface area contributed by atoms with Gasteiger partial charge in [0.15, 0.2) is 6.61 Å². The molecule has 0 spiro atoms. The lowest BCUT2D eigenvalue weighted by Crippen LogP contribution is -2.29. The first-order valence-corrected chi connectivity index (χ1v) is 8.34. The number of amides is 1. The average Bonchev–Trinajstić information content (AvgIpc) is 3.26. The maximum Gasteiger partial charge on any atom is 0.262 e. The molecule has 1 aliphatic rings. The van der Waals surface area contributed by atoms with Gasteiger partial charge >= 0.3 is 0 Å². The standard InChI is InChI=1S/C19H15F2N3O3/c1-11-22-18(23-27-11)10-26-17-5-3-2-4-14(17)19(25)24-7-6-13-15(21)8-12(20)9-16(13)24/h2-5,8-9H,6-7,10H2,1H3. The number of anilines is 1. The van der Waals surface area contributed by atoms with Crippen LogP contribution in [0.2, 0.25) is 0 Å². The summed E-state index contributed by atoms with van der Waals surface area (Å²) in [5.74, 6) is -0.657. The molecule has 2 aromatic carbocycles. The maximum atomic E-state index is 14.0. The summed E-state index contributed by atoms with van der Waals surface area (Å²) in [7, 11) is 0. The number of aryl methyl sites for hydroxylation is 1. The Kier molecular flexibility index (Phi) is 4.31. The summed E-state index contributed by atoms with van der Waals surface area (Å²) in [6.07, 6.45) is 0.332. The summed E-state index contributed by atoms with van der Waals surface area (Å²) in [5, 5.41) is 3.74. The predicted octanol–water partition coefficient (Wildman–Crippen LogP) is 3.44. The van der Waals surface area contributed by atoms with Gasteiger partial charge in [0.1, 0.15) is 17.4 Å². The van der Waals surface area contributed by atoms with E-state index in [-0.39, 0.29) is 24.4 Å². The number of rotatable bonds is 4. The lowest BCUT2D eigenvalue weighted by atomic mass is 10.1. The zero-order valence-corrected chi connectivity index (χ0v) is 14.4. The number of benzene rings is 2. The van der Waals surface area contributed by atoms with Gasteiger partial charge < -0.3 is 14.2 Å². The fourth-order valence-electron chi connectivity index (χ4n) is 3.09. The smallest absolute Gasteiger partial charge is 0.262 e. The lowest BCUT2D eigenvalue weighted by molar-refractivity contribution is 0.0984. The largest absolute Gasteiger partial charge is 0.485 e. The van der Waals surface area contributed by atoms with Crippen LogP contribution in [-0.2, 0) is 13.0 Å². The van der Waals surface area contributed by atoms with Crippen molar-refractivity contribution in [1.29, 1.82) is 0 Å². The highest BCUT2D eigenvalue weighted by Crippen LogP contribution is 2.33. The van der Waals surface area contributed by atoms with Crippen LogP contribution in [0.15, 0.2) is 40.9 Å². The first kappa shape index (κ1) is 17.1. The zero-order valence-electron chi connectivity index (χ0n) is 14.4. The Morgan fingerprint density at radius 3 is 2.89 bits per heavy atom. The number of nitrogens with zero attached hydrogens (tertiary/aromatic N) is 3. The number of fused-ring (bicyclic) bond motifs is 1. The second kappa shape index (κ2) is 6.79. The molecule has 1 amide bonds. The molecule has 2 heterocycles. The molecule has 4 rings (SSSR count). The molecule has 1 aliphatic heterocycles. The summed E-state index contributed by atoms with van der Waals surface area (Å²) in [6, 6.07) is 8.67. The van der Waals surface area contributed by atoms with E-state index < -0.39 is 17.5 Å². The van der Waals surface area contributed by atoms with Crippen LogP contribution in [0.4, 0.5) is 14.5 Å². The van der Waals surface area contributed by atoms with E-state index in [1.54, 1.807) is 31.2 Å². The van der Waals surface area contributed by atoms with E-state index in [2.05, 4.69) is 10.1 Å². The molecular weight excluding hydrogens is 356 g/mol. The van der Waals surface area contributed by atoms with Crippen LogP contribution >= 0.6 is 0 Å². The van der Waals surface area contributed by atoms with Crippen molar-refractivity contribution in [3.8, 4) is 5.75 Å². The van der Waals surface area contributed by atoms with Gasteiger partial charge in [0.25, 0.3) is 5.91 Å². The van der Waals surface area contributed by atoms with Crippen molar-refractivity contribution in [3.63, 3.8) is 0 Å². The number of aromatic nitrogens is 2. The number of hydrogen-bond acceptors (Lipinski definition) is 5. The monoisotopic (exact) mass is 371 g/mol. The van der Waals surface area contributed by atoms with Gasteiger partial charge in [-0.15, -0.1) is 0 Å². The minimum Gasteiger partial charge on any atom is -0.485 e. The van der Waals surface area contributed by atoms with Gasteiger partial charge in [0.2, 0.25) is 11.7 Å². The molecule has 3 aromatic rings. The molecule has 0 unspecified atom stereocenters. The Labute approximate surface area is 153 Å². The van der Waals surface area contributed by atoms with Gasteiger partial charge in [-0.25, -0.2) is 8.78 Å². The van der Waals surface area contributed by atoms with Gasteiger partial charge in [-0.2, -0.15) is 4.98 Å². The van der Waals surface area contributed by atoms with Crippen molar-refractivity contribution in [1.82, 2.24) is 10.1 Å². The molecule has 0 radical (unpaired) electrons. The van der Waals surface area contributed by atoms with Gasteiger partial charge in [-0.1, -0.05) is 17.3 Å². The van der Waals surface area contributed by atoms with E-state index in [0.29, 0.717) is 29.4 Å². The number of carbonyl (C=O) groups is 1. The Morgan fingerprint density at radius 1 is 1.30 bits per heavy atom. The molecule has 138 valence electrons. The summed E-state index contributed by atoms with van der Waals surface area (Å²) in [6.45, 7) is 1.96. The van der Waals surface area contributed by atoms with Gasteiger partial charge in [0, 0.05) is 25.1 Å². The molecule has 0 saturated carbocycles. The molecule has 0 N–H and O–H groups in total. The van der Waals surface area contributed by atoms with Crippen LogP contribution in [-0.4, -0.2) is 22.6 Å². The fourth-order valence-corrected chi connectivity index (χ4v) is 3.09. The van der Waals surface area contributed by atoms with Crippen LogP contribution in [0, 0.1) is 18.6 Å². The molecule has 0 fully saturated rings. The Hall–Kier alpha value is -3.29. The number of carbonyl (C=O) groups excluding carboxylic acids is 1. The van der Waals surface area contributed by atoms with Crippen molar-refractivity contribution in [3.05, 3.63) is 70.9 Å². The molecule has 6 nitrogen and oxygen atoms in total. The normalized spacial score (nSPS) is 12.9. The van der Waals surface area contributed by atoms with E-state index in [4.69, 9.17) is 9.26 Å². The molecule has 8 heteroatoms. The van der Waals surface area contributed by atoms with E-state index in [9.17, 15) is 13.6 Å². The highest BCUT2D eigenvalue weighted by molar-refractivity contribution is 6.09. The SMILES string of the molecule is Cc1nc(COc2ccccc2C(=O)N2CCc3c(F)cc(F)cc32)no1. The third-order valence-electron chi connectivity index (χ3n) is 4.30. The topological polar surface area (TPSA) is 68.5 Å². The molecular formula is C19H15F2N3O3. The van der Waals surface area contributed by atoms with Gasteiger partial charge in [0.05, 0.1) is 11.3 Å². The number of para-hydroxylation sites is 1. The van der Waals surface area contributed by atoms with E-state index in [0.717, 1.165) is 6.07 Å². The first-order valence-electron chi connectivity index (χ1n) is 8.34. The number of halogens is 2. The quantitative estimate of drug-likeness (QED) is 0.703. The minimum atomic E-state index is -0.719. The van der Waals surface area contributed by atoms with Crippen molar-refractivity contribution in [2.45, 2.75) is 20.0 Å². The fraction of sp³-hybridized carbons (Fsp3) is 0.211. The maximum absolute atomic E-state index is 14.0. The molecule has 0 saturated heterocycles. The second-order valence-electron chi connectivity index (χ2n) is 6.11. The third kappa shape index (κ3) is 3.25. The highest BCUT2D eigenvalue weighted by Gasteiger charge is 2.30. The van der Waals surface area contributed by atoms with Crippen molar-refractivity contribution >= 4 is 11.6 Å². The molecule has 0 bridgehead atoms. The Bertz CT molecular complexity index is 1020. The van der Waals surface area contributed by atoms with Crippen LogP contribution in [0.3, 0.4) is 0 Å². The summed E-state index contributed by atoms with van der Waals surface area (Å²) in [4.78, 5) is 18.4. The summed E-state index contributed by atoms with van der Waals surface area (Å²) >= 11 is 0. The zero-order chi connectivity index (χ0) is 19.0. The molecule has 1 aromatic heterocycles. The number of hydrogen-bond donors (Lipinski definition) is 0. The van der Waals surface area contributed by atoms with Crippen LogP contribution in [0.1, 0.15) is 27.6 Å². The van der Waals surface area contributed by atoms with Crippen molar-refractivity contribution < 1.29 is 22.8 Å².